The summed E-state index contributed by atoms with van der Waals surface area (Å²) in [6.07, 6.45) is 4.07. The molecule has 0 aromatic carbocycles. The summed E-state index contributed by atoms with van der Waals surface area (Å²) in [6.45, 7) is 5.12. The second-order valence-corrected chi connectivity index (χ2v) is 6.72. The Morgan fingerprint density at radius 3 is 2.59 bits per heavy atom. The number of nitrogens with zero attached hydrogens (tertiary/aromatic N) is 2. The molecule has 2 amide bonds. The third-order valence-corrected chi connectivity index (χ3v) is 4.85. The molecule has 124 valence electrons. The fraction of sp³-hybridized carbons (Fsp3) is 0.812. The first-order chi connectivity index (χ1) is 10.4. The Kier molecular flexibility index (Phi) is 5.08. The lowest BCUT2D eigenvalue weighted by Gasteiger charge is -2.39. The molecule has 2 unspecified atom stereocenters. The Labute approximate surface area is 131 Å². The quantitative estimate of drug-likeness (QED) is 0.853. The molecule has 2 atom stereocenters. The molecule has 0 aliphatic carbocycles. The van der Waals surface area contributed by atoms with Gasteiger partial charge in [0, 0.05) is 26.1 Å². The van der Waals surface area contributed by atoms with E-state index in [2.05, 4.69) is 0 Å². The van der Waals surface area contributed by atoms with E-state index in [0.29, 0.717) is 38.8 Å². The molecule has 0 aromatic rings. The topological polar surface area (TPSA) is 77.9 Å². The number of hydrogen-bond acceptors (Lipinski definition) is 3. The lowest BCUT2D eigenvalue weighted by molar-refractivity contribution is -0.155. The Morgan fingerprint density at radius 2 is 1.95 bits per heavy atom. The minimum absolute atomic E-state index is 0.0383. The SMILES string of the molecule is CCCC(=O)N1CCCC1C(=O)N1CCCC(C)(C(=O)O)C1. The fourth-order valence-electron chi connectivity index (χ4n) is 3.49. The number of likely N-dealkylation sites (tertiary alicyclic amines) is 2. The first kappa shape index (κ1) is 16.8. The van der Waals surface area contributed by atoms with Crippen molar-refractivity contribution >= 4 is 17.8 Å². The van der Waals surface area contributed by atoms with E-state index in [0.717, 1.165) is 12.8 Å². The van der Waals surface area contributed by atoms with Gasteiger partial charge in [-0.2, -0.15) is 0 Å². The normalized spacial score (nSPS) is 28.7. The van der Waals surface area contributed by atoms with Crippen LogP contribution in [0.1, 0.15) is 52.4 Å². The maximum atomic E-state index is 12.8. The van der Waals surface area contributed by atoms with Crippen LogP contribution in [-0.4, -0.2) is 58.4 Å². The predicted molar refractivity (Wildman–Crippen MR) is 81.2 cm³/mol. The van der Waals surface area contributed by atoms with Gasteiger partial charge in [0.15, 0.2) is 0 Å². The molecule has 0 spiro atoms. The van der Waals surface area contributed by atoms with Gasteiger partial charge >= 0.3 is 5.97 Å². The molecule has 2 fully saturated rings. The van der Waals surface area contributed by atoms with Gasteiger partial charge in [0.2, 0.25) is 11.8 Å². The van der Waals surface area contributed by atoms with Crippen molar-refractivity contribution in [2.24, 2.45) is 5.41 Å². The summed E-state index contributed by atoms with van der Waals surface area (Å²) in [4.78, 5) is 39.7. The first-order valence-electron chi connectivity index (χ1n) is 8.20. The highest BCUT2D eigenvalue weighted by Gasteiger charge is 2.43. The fourth-order valence-corrected chi connectivity index (χ4v) is 3.49. The number of piperidine rings is 1. The number of rotatable bonds is 4. The Morgan fingerprint density at radius 1 is 1.23 bits per heavy atom. The van der Waals surface area contributed by atoms with Crippen molar-refractivity contribution in [3.63, 3.8) is 0 Å². The van der Waals surface area contributed by atoms with Crippen molar-refractivity contribution in [3.05, 3.63) is 0 Å². The summed E-state index contributed by atoms with van der Waals surface area (Å²) in [5, 5.41) is 9.37. The zero-order valence-electron chi connectivity index (χ0n) is 13.5. The highest BCUT2D eigenvalue weighted by atomic mass is 16.4. The summed E-state index contributed by atoms with van der Waals surface area (Å²) >= 11 is 0. The average molecular weight is 310 g/mol. The van der Waals surface area contributed by atoms with Crippen LogP contribution >= 0.6 is 0 Å². The molecule has 2 heterocycles. The predicted octanol–water partition coefficient (Wildman–Crippen LogP) is 1.49. The monoisotopic (exact) mass is 310 g/mol. The van der Waals surface area contributed by atoms with E-state index in [1.165, 1.54) is 0 Å². The van der Waals surface area contributed by atoms with Crippen LogP contribution in [0.2, 0.25) is 0 Å². The summed E-state index contributed by atoms with van der Waals surface area (Å²) in [5.41, 5.74) is -0.870. The summed E-state index contributed by atoms with van der Waals surface area (Å²) in [5.74, 6) is -0.888. The molecule has 1 N–H and O–H groups in total. The van der Waals surface area contributed by atoms with E-state index in [1.54, 1.807) is 16.7 Å². The van der Waals surface area contributed by atoms with E-state index in [-0.39, 0.29) is 18.4 Å². The van der Waals surface area contributed by atoms with Crippen LogP contribution in [0.3, 0.4) is 0 Å². The van der Waals surface area contributed by atoms with Crippen LogP contribution in [-0.2, 0) is 14.4 Å². The van der Waals surface area contributed by atoms with Crippen LogP contribution in [0.5, 0.6) is 0 Å². The van der Waals surface area contributed by atoms with Crippen LogP contribution in [0.25, 0.3) is 0 Å². The Hall–Kier alpha value is -1.59. The van der Waals surface area contributed by atoms with Gasteiger partial charge in [0.05, 0.1) is 5.41 Å². The number of aliphatic carboxylic acids is 1. The van der Waals surface area contributed by atoms with Crippen molar-refractivity contribution in [2.45, 2.75) is 58.4 Å². The van der Waals surface area contributed by atoms with Crippen LogP contribution in [0, 0.1) is 5.41 Å². The molecule has 0 aromatic heterocycles. The molecular formula is C16H26N2O4. The molecule has 2 saturated heterocycles. The van der Waals surface area contributed by atoms with Crippen molar-refractivity contribution < 1.29 is 19.5 Å². The van der Waals surface area contributed by atoms with Crippen LogP contribution < -0.4 is 0 Å². The van der Waals surface area contributed by atoms with Gasteiger partial charge in [-0.05, 0) is 39.0 Å². The molecule has 2 aliphatic heterocycles. The van der Waals surface area contributed by atoms with Gasteiger partial charge in [-0.25, -0.2) is 0 Å². The minimum atomic E-state index is -0.870. The third-order valence-electron chi connectivity index (χ3n) is 4.85. The molecule has 2 aliphatic rings. The van der Waals surface area contributed by atoms with Gasteiger partial charge in [-0.15, -0.1) is 0 Å². The lowest BCUT2D eigenvalue weighted by Crippen LogP contribution is -2.54. The molecule has 0 bridgehead atoms. The number of carboxylic acid groups (broad SMARTS) is 1. The number of hydrogen-bond donors (Lipinski definition) is 1. The molecule has 0 radical (unpaired) electrons. The highest BCUT2D eigenvalue weighted by molar-refractivity contribution is 5.89. The maximum absolute atomic E-state index is 12.8. The average Bonchev–Trinajstić information content (AvgIpc) is 2.96. The smallest absolute Gasteiger partial charge is 0.311 e. The summed E-state index contributed by atoms with van der Waals surface area (Å²) < 4.78 is 0. The van der Waals surface area contributed by atoms with E-state index < -0.39 is 17.4 Å². The van der Waals surface area contributed by atoms with E-state index in [9.17, 15) is 19.5 Å². The highest BCUT2D eigenvalue weighted by Crippen LogP contribution is 2.31. The van der Waals surface area contributed by atoms with Gasteiger partial charge in [-0.3, -0.25) is 14.4 Å². The van der Waals surface area contributed by atoms with E-state index in [4.69, 9.17) is 0 Å². The lowest BCUT2D eigenvalue weighted by atomic mass is 9.82. The van der Waals surface area contributed by atoms with Gasteiger partial charge < -0.3 is 14.9 Å². The van der Waals surface area contributed by atoms with Crippen molar-refractivity contribution in [1.82, 2.24) is 9.80 Å². The summed E-state index contributed by atoms with van der Waals surface area (Å²) in [6, 6.07) is -0.393. The zero-order chi connectivity index (χ0) is 16.3. The molecular weight excluding hydrogens is 284 g/mol. The molecule has 2 rings (SSSR count). The number of amides is 2. The standard InChI is InChI=1S/C16H26N2O4/c1-3-6-13(19)18-10-4-7-12(18)14(20)17-9-5-8-16(2,11-17)15(21)22/h12H,3-11H2,1-2H3,(H,21,22). The molecule has 0 saturated carbocycles. The number of carboxylic acids is 1. The van der Waals surface area contributed by atoms with Gasteiger partial charge in [0.1, 0.15) is 6.04 Å². The molecule has 6 heteroatoms. The Balaban J connectivity index is 2.07. The van der Waals surface area contributed by atoms with Crippen LogP contribution in [0.15, 0.2) is 0 Å². The van der Waals surface area contributed by atoms with Crippen molar-refractivity contribution in [2.75, 3.05) is 19.6 Å². The van der Waals surface area contributed by atoms with E-state index >= 15 is 0 Å². The van der Waals surface area contributed by atoms with Crippen LogP contribution in [0.4, 0.5) is 0 Å². The van der Waals surface area contributed by atoms with Crippen molar-refractivity contribution in [3.8, 4) is 0 Å². The molecule has 22 heavy (non-hydrogen) atoms. The van der Waals surface area contributed by atoms with Crippen molar-refractivity contribution in [1.29, 1.82) is 0 Å². The number of carbonyl (C=O) groups excluding carboxylic acids is 2. The molecule has 6 nitrogen and oxygen atoms in total. The Bertz CT molecular complexity index is 465. The maximum Gasteiger partial charge on any atom is 0.311 e. The largest absolute Gasteiger partial charge is 0.481 e. The second-order valence-electron chi connectivity index (χ2n) is 6.72. The minimum Gasteiger partial charge on any atom is -0.481 e. The third kappa shape index (κ3) is 3.25. The zero-order valence-corrected chi connectivity index (χ0v) is 13.5. The van der Waals surface area contributed by atoms with E-state index in [1.807, 2.05) is 6.92 Å². The van der Waals surface area contributed by atoms with Gasteiger partial charge in [0.25, 0.3) is 0 Å². The second kappa shape index (κ2) is 6.67. The first-order valence-corrected chi connectivity index (χ1v) is 8.20. The number of carbonyl (C=O) groups is 3. The van der Waals surface area contributed by atoms with Gasteiger partial charge in [-0.1, -0.05) is 6.92 Å². The summed E-state index contributed by atoms with van der Waals surface area (Å²) in [7, 11) is 0.